The molecule has 2 amide bonds. The normalized spacial score (nSPS) is 15.3. The number of hydrogen-bond donors (Lipinski definition) is 1. The first-order valence-electron chi connectivity index (χ1n) is 7.30. The van der Waals surface area contributed by atoms with E-state index in [0.29, 0.717) is 16.3 Å². The molecule has 1 fully saturated rings. The van der Waals surface area contributed by atoms with Gasteiger partial charge in [-0.25, -0.2) is 0 Å². The van der Waals surface area contributed by atoms with Gasteiger partial charge in [0.1, 0.15) is 5.75 Å². The van der Waals surface area contributed by atoms with Crippen LogP contribution in [0.4, 0.5) is 4.79 Å². The van der Waals surface area contributed by atoms with Gasteiger partial charge in [-0.15, -0.1) is 0 Å². The molecule has 7 heteroatoms. The van der Waals surface area contributed by atoms with Crippen molar-refractivity contribution in [2.45, 2.75) is 6.42 Å². The van der Waals surface area contributed by atoms with Crippen LogP contribution in [-0.2, 0) is 16.0 Å². The Morgan fingerprint density at radius 2 is 1.92 bits per heavy atom. The number of carbonyl (C=O) groups is 3. The fourth-order valence-electron chi connectivity index (χ4n) is 2.18. The van der Waals surface area contributed by atoms with Crippen molar-refractivity contribution < 1.29 is 19.1 Å². The summed E-state index contributed by atoms with van der Waals surface area (Å²) in [6.45, 7) is 0. The maximum absolute atomic E-state index is 12.0. The second kappa shape index (κ2) is 7.55. The topological polar surface area (TPSA) is 72.5 Å². The third kappa shape index (κ3) is 4.49. The number of carbonyl (C=O) groups excluding carboxylic acids is 3. The highest BCUT2D eigenvalue weighted by Gasteiger charge is 2.25. The van der Waals surface area contributed by atoms with Crippen molar-refractivity contribution in [3.63, 3.8) is 0 Å². The van der Waals surface area contributed by atoms with Crippen LogP contribution < -0.4 is 10.1 Å². The van der Waals surface area contributed by atoms with Crippen LogP contribution in [0.3, 0.4) is 0 Å². The van der Waals surface area contributed by atoms with Crippen LogP contribution in [0.25, 0.3) is 6.08 Å². The van der Waals surface area contributed by atoms with Gasteiger partial charge in [0, 0.05) is 6.07 Å². The molecule has 25 heavy (non-hydrogen) atoms. The minimum atomic E-state index is -0.454. The highest BCUT2D eigenvalue weighted by atomic mass is 35.5. The third-order valence-corrected chi connectivity index (χ3v) is 4.46. The van der Waals surface area contributed by atoms with E-state index in [-0.39, 0.29) is 11.3 Å². The van der Waals surface area contributed by atoms with E-state index in [1.54, 1.807) is 12.1 Å². The fraction of sp³-hybridized carbons (Fsp3) is 0.0556. The van der Waals surface area contributed by atoms with Gasteiger partial charge in [-0.3, -0.25) is 19.7 Å². The molecule has 0 saturated carbocycles. The molecule has 2 aromatic rings. The predicted molar refractivity (Wildman–Crippen MR) is 96.3 cm³/mol. The fourth-order valence-corrected chi connectivity index (χ4v) is 3.08. The maximum atomic E-state index is 12.0. The van der Waals surface area contributed by atoms with E-state index in [4.69, 9.17) is 16.3 Å². The van der Waals surface area contributed by atoms with E-state index in [1.807, 2.05) is 30.3 Å². The summed E-state index contributed by atoms with van der Waals surface area (Å²) in [5.41, 5.74) is 1.41. The van der Waals surface area contributed by atoms with Crippen LogP contribution >= 0.6 is 23.4 Å². The zero-order valence-electron chi connectivity index (χ0n) is 12.8. The summed E-state index contributed by atoms with van der Waals surface area (Å²) in [5.74, 6) is -0.540. The first-order chi connectivity index (χ1) is 12.0. The van der Waals surface area contributed by atoms with Gasteiger partial charge in [-0.1, -0.05) is 41.9 Å². The highest BCUT2D eigenvalue weighted by molar-refractivity contribution is 8.18. The smallest absolute Gasteiger partial charge is 0.315 e. The SMILES string of the molecule is O=C(Cc1ccccc1)Oc1ccc(C=C2SC(=O)NC2=O)c(Cl)c1. The summed E-state index contributed by atoms with van der Waals surface area (Å²) in [4.78, 5) is 34.9. The number of imide groups is 1. The first kappa shape index (κ1) is 17.3. The monoisotopic (exact) mass is 373 g/mol. The molecule has 0 aliphatic carbocycles. The van der Waals surface area contributed by atoms with Crippen LogP contribution in [0.5, 0.6) is 5.75 Å². The molecule has 1 heterocycles. The summed E-state index contributed by atoms with van der Waals surface area (Å²) >= 11 is 6.98. The molecule has 1 saturated heterocycles. The van der Waals surface area contributed by atoms with Gasteiger partial charge in [-0.2, -0.15) is 0 Å². The van der Waals surface area contributed by atoms with Crippen molar-refractivity contribution in [1.82, 2.24) is 5.32 Å². The average molecular weight is 374 g/mol. The molecular formula is C18H12ClNO4S. The number of halogens is 1. The summed E-state index contributed by atoms with van der Waals surface area (Å²) < 4.78 is 5.28. The molecule has 5 nitrogen and oxygen atoms in total. The standard InChI is InChI=1S/C18H12ClNO4S/c19-14-10-13(24-16(21)8-11-4-2-1-3-5-11)7-6-12(14)9-15-17(22)20-18(23)25-15/h1-7,9-10H,8H2,(H,20,22,23). The van der Waals surface area contributed by atoms with Crippen molar-refractivity contribution in [2.75, 3.05) is 0 Å². The summed E-state index contributed by atoms with van der Waals surface area (Å²) in [5, 5.41) is 2.06. The minimum absolute atomic E-state index is 0.156. The van der Waals surface area contributed by atoms with E-state index in [9.17, 15) is 14.4 Å². The average Bonchev–Trinajstić information content (AvgIpc) is 2.88. The second-order valence-electron chi connectivity index (χ2n) is 5.17. The number of rotatable bonds is 4. The molecule has 1 aliphatic rings. The molecule has 0 unspecified atom stereocenters. The lowest BCUT2D eigenvalue weighted by atomic mass is 10.1. The van der Waals surface area contributed by atoms with Gasteiger partial charge in [-0.05, 0) is 41.1 Å². The lowest BCUT2D eigenvalue weighted by molar-refractivity contribution is -0.133. The Balaban J connectivity index is 1.70. The molecule has 0 bridgehead atoms. The van der Waals surface area contributed by atoms with E-state index in [1.165, 1.54) is 12.1 Å². The molecular weight excluding hydrogens is 362 g/mol. The number of esters is 1. The number of nitrogens with one attached hydrogen (secondary N) is 1. The van der Waals surface area contributed by atoms with Crippen molar-refractivity contribution in [3.05, 3.63) is 69.6 Å². The Labute approximate surface area is 153 Å². The molecule has 2 aromatic carbocycles. The van der Waals surface area contributed by atoms with Crippen LogP contribution in [0.2, 0.25) is 5.02 Å². The van der Waals surface area contributed by atoms with Crippen molar-refractivity contribution in [3.8, 4) is 5.75 Å². The van der Waals surface area contributed by atoms with E-state index in [0.717, 1.165) is 17.3 Å². The van der Waals surface area contributed by atoms with Crippen LogP contribution in [0.1, 0.15) is 11.1 Å². The molecule has 0 aromatic heterocycles. The number of benzene rings is 2. The Bertz CT molecular complexity index is 880. The Kier molecular flexibility index (Phi) is 5.21. The number of ether oxygens (including phenoxy) is 1. The largest absolute Gasteiger partial charge is 0.426 e. The van der Waals surface area contributed by atoms with E-state index < -0.39 is 17.1 Å². The lowest BCUT2D eigenvalue weighted by Gasteiger charge is -2.06. The van der Waals surface area contributed by atoms with Crippen molar-refractivity contribution in [1.29, 1.82) is 0 Å². The Hall–Kier alpha value is -2.57. The quantitative estimate of drug-likeness (QED) is 0.501. The predicted octanol–water partition coefficient (Wildman–Crippen LogP) is 3.81. The van der Waals surface area contributed by atoms with E-state index in [2.05, 4.69) is 5.32 Å². The molecule has 3 rings (SSSR count). The molecule has 1 aliphatic heterocycles. The van der Waals surface area contributed by atoms with Gasteiger partial charge >= 0.3 is 5.97 Å². The van der Waals surface area contributed by atoms with Crippen LogP contribution in [0, 0.1) is 0 Å². The van der Waals surface area contributed by atoms with Gasteiger partial charge < -0.3 is 4.74 Å². The van der Waals surface area contributed by atoms with Crippen LogP contribution in [-0.4, -0.2) is 17.1 Å². The van der Waals surface area contributed by atoms with Gasteiger partial charge in [0.15, 0.2) is 0 Å². The lowest BCUT2D eigenvalue weighted by Crippen LogP contribution is -2.17. The highest BCUT2D eigenvalue weighted by Crippen LogP contribution is 2.30. The first-order valence-corrected chi connectivity index (χ1v) is 8.50. The van der Waals surface area contributed by atoms with Crippen LogP contribution in [0.15, 0.2) is 53.4 Å². The Morgan fingerprint density at radius 1 is 1.16 bits per heavy atom. The molecule has 0 radical (unpaired) electrons. The zero-order chi connectivity index (χ0) is 17.8. The van der Waals surface area contributed by atoms with Gasteiger partial charge in [0.25, 0.3) is 11.1 Å². The molecule has 126 valence electrons. The van der Waals surface area contributed by atoms with Crippen molar-refractivity contribution >= 4 is 46.6 Å². The van der Waals surface area contributed by atoms with Gasteiger partial charge in [0.05, 0.1) is 16.3 Å². The van der Waals surface area contributed by atoms with E-state index >= 15 is 0 Å². The third-order valence-electron chi connectivity index (χ3n) is 3.32. The summed E-state index contributed by atoms with van der Waals surface area (Å²) in [6.07, 6.45) is 1.67. The van der Waals surface area contributed by atoms with Crippen molar-refractivity contribution in [2.24, 2.45) is 0 Å². The molecule has 0 atom stereocenters. The number of amides is 2. The summed E-state index contributed by atoms with van der Waals surface area (Å²) in [6, 6.07) is 14.0. The summed E-state index contributed by atoms with van der Waals surface area (Å²) in [7, 11) is 0. The molecule has 1 N–H and O–H groups in total. The zero-order valence-corrected chi connectivity index (χ0v) is 14.4. The number of thioether (sulfide) groups is 1. The maximum Gasteiger partial charge on any atom is 0.315 e. The number of hydrogen-bond acceptors (Lipinski definition) is 5. The molecule has 0 spiro atoms. The minimum Gasteiger partial charge on any atom is -0.426 e. The Morgan fingerprint density at radius 3 is 2.56 bits per heavy atom. The van der Waals surface area contributed by atoms with Gasteiger partial charge in [0.2, 0.25) is 0 Å². The second-order valence-corrected chi connectivity index (χ2v) is 6.59.